The lowest BCUT2D eigenvalue weighted by atomic mass is 10.1. The Hall–Kier alpha value is -3.81. The summed E-state index contributed by atoms with van der Waals surface area (Å²) in [5, 5.41) is 10.8. The standard InChI is InChI=1S/C22H19N5O3/c1-14-5-2-3-6-17(14)19-13-25(24-23-19)16-9-10-18-15(11-16)12-26(22(18)30)27-20(28)7-4-8-21(27)29/h2-3,5-6,9-11,13H,4,7-8,12H2,1H3. The summed E-state index contributed by atoms with van der Waals surface area (Å²) in [5.74, 6) is -0.988. The first-order valence-electron chi connectivity index (χ1n) is 9.82. The van der Waals surface area contributed by atoms with E-state index in [9.17, 15) is 14.4 Å². The molecule has 2 aliphatic heterocycles. The molecule has 3 heterocycles. The molecule has 8 heteroatoms. The van der Waals surface area contributed by atoms with Gasteiger partial charge in [-0.15, -0.1) is 5.10 Å². The summed E-state index contributed by atoms with van der Waals surface area (Å²) in [5.41, 5.74) is 4.87. The smallest absolute Gasteiger partial charge is 0.273 e. The van der Waals surface area contributed by atoms with Crippen molar-refractivity contribution in [2.24, 2.45) is 0 Å². The molecule has 0 radical (unpaired) electrons. The number of piperidine rings is 1. The second-order valence-corrected chi connectivity index (χ2v) is 7.52. The topological polar surface area (TPSA) is 88.4 Å². The van der Waals surface area contributed by atoms with Crippen molar-refractivity contribution in [2.45, 2.75) is 32.7 Å². The highest BCUT2D eigenvalue weighted by Gasteiger charge is 2.39. The molecule has 0 saturated carbocycles. The molecule has 1 fully saturated rings. The number of rotatable bonds is 3. The summed E-state index contributed by atoms with van der Waals surface area (Å²) in [4.78, 5) is 37.3. The fourth-order valence-electron chi connectivity index (χ4n) is 3.98. The largest absolute Gasteiger partial charge is 0.273 e. The van der Waals surface area contributed by atoms with Gasteiger partial charge in [-0.25, -0.2) is 9.69 Å². The van der Waals surface area contributed by atoms with Gasteiger partial charge in [-0.1, -0.05) is 29.5 Å². The molecule has 8 nitrogen and oxygen atoms in total. The normalized spacial score (nSPS) is 16.4. The Morgan fingerprint density at radius 2 is 1.70 bits per heavy atom. The average Bonchev–Trinajstić information content (AvgIpc) is 3.34. The van der Waals surface area contributed by atoms with Gasteiger partial charge in [0.15, 0.2) is 0 Å². The molecule has 3 amide bonds. The lowest BCUT2D eigenvalue weighted by molar-refractivity contribution is -0.163. The number of hydrazine groups is 1. The maximum absolute atomic E-state index is 12.8. The maximum atomic E-state index is 12.8. The number of benzene rings is 2. The lowest BCUT2D eigenvalue weighted by Gasteiger charge is -2.32. The fraction of sp³-hybridized carbons (Fsp3) is 0.227. The quantitative estimate of drug-likeness (QED) is 0.630. The Kier molecular flexibility index (Phi) is 4.20. The Morgan fingerprint density at radius 1 is 0.933 bits per heavy atom. The molecule has 0 atom stereocenters. The molecule has 0 bridgehead atoms. The SMILES string of the molecule is Cc1ccccc1-c1cn(-c2ccc3c(c2)CN(N2C(=O)CCCC2=O)C3=O)nn1. The molecule has 0 N–H and O–H groups in total. The molecular formula is C22H19N5O3. The number of imide groups is 1. The third-order valence-electron chi connectivity index (χ3n) is 5.55. The van der Waals surface area contributed by atoms with Crippen LogP contribution in [-0.2, 0) is 16.1 Å². The first-order valence-corrected chi connectivity index (χ1v) is 9.82. The Labute approximate surface area is 172 Å². The molecule has 0 unspecified atom stereocenters. The van der Waals surface area contributed by atoms with Crippen LogP contribution in [0.3, 0.4) is 0 Å². The van der Waals surface area contributed by atoms with Gasteiger partial charge in [0.05, 0.1) is 18.4 Å². The van der Waals surface area contributed by atoms with E-state index in [2.05, 4.69) is 10.3 Å². The number of carbonyl (C=O) groups excluding carboxylic acids is 3. The lowest BCUT2D eigenvalue weighted by Crippen LogP contribution is -2.51. The van der Waals surface area contributed by atoms with E-state index in [1.54, 1.807) is 16.8 Å². The summed E-state index contributed by atoms with van der Waals surface area (Å²) in [7, 11) is 0. The highest BCUT2D eigenvalue weighted by Crippen LogP contribution is 2.29. The van der Waals surface area contributed by atoms with Gasteiger partial charge in [0.1, 0.15) is 5.69 Å². The average molecular weight is 401 g/mol. The van der Waals surface area contributed by atoms with Crippen LogP contribution in [0.4, 0.5) is 0 Å². The van der Waals surface area contributed by atoms with Crippen molar-refractivity contribution in [2.75, 3.05) is 0 Å². The summed E-state index contributed by atoms with van der Waals surface area (Å²) in [6.45, 7) is 2.20. The zero-order chi connectivity index (χ0) is 20.8. The number of hydrogen-bond donors (Lipinski definition) is 0. The summed E-state index contributed by atoms with van der Waals surface area (Å²) >= 11 is 0. The first-order chi connectivity index (χ1) is 14.5. The van der Waals surface area contributed by atoms with Crippen LogP contribution in [0.25, 0.3) is 16.9 Å². The van der Waals surface area contributed by atoms with Crippen molar-refractivity contribution in [3.8, 4) is 16.9 Å². The van der Waals surface area contributed by atoms with Crippen LogP contribution < -0.4 is 0 Å². The minimum Gasteiger partial charge on any atom is -0.273 e. The van der Waals surface area contributed by atoms with Crippen LogP contribution in [0.1, 0.15) is 40.7 Å². The van der Waals surface area contributed by atoms with E-state index in [4.69, 9.17) is 0 Å². The van der Waals surface area contributed by atoms with E-state index in [0.717, 1.165) is 33.1 Å². The van der Waals surface area contributed by atoms with Crippen LogP contribution >= 0.6 is 0 Å². The number of nitrogens with zero attached hydrogens (tertiary/aromatic N) is 5. The molecule has 150 valence electrons. The van der Waals surface area contributed by atoms with E-state index in [1.165, 1.54) is 5.01 Å². The summed E-state index contributed by atoms with van der Waals surface area (Å²) < 4.78 is 1.66. The molecular weight excluding hydrogens is 382 g/mol. The zero-order valence-corrected chi connectivity index (χ0v) is 16.4. The van der Waals surface area contributed by atoms with E-state index < -0.39 is 0 Å². The molecule has 1 aromatic heterocycles. The molecule has 0 aliphatic carbocycles. The highest BCUT2D eigenvalue weighted by atomic mass is 16.2. The predicted octanol–water partition coefficient (Wildman–Crippen LogP) is 2.65. The van der Waals surface area contributed by atoms with Crippen molar-refractivity contribution in [1.29, 1.82) is 0 Å². The second kappa shape index (κ2) is 6.91. The molecule has 5 rings (SSSR count). The molecule has 30 heavy (non-hydrogen) atoms. The van der Waals surface area contributed by atoms with Crippen molar-refractivity contribution in [1.82, 2.24) is 25.0 Å². The monoisotopic (exact) mass is 401 g/mol. The summed E-state index contributed by atoms with van der Waals surface area (Å²) in [6.07, 6.45) is 2.93. The number of fused-ring (bicyclic) bond motifs is 1. The number of amides is 3. The Balaban J connectivity index is 1.45. The number of hydrogen-bond acceptors (Lipinski definition) is 5. The van der Waals surface area contributed by atoms with Crippen molar-refractivity contribution < 1.29 is 14.4 Å². The molecule has 3 aromatic rings. The van der Waals surface area contributed by atoms with Gasteiger partial charge in [-0.2, -0.15) is 5.01 Å². The number of aromatic nitrogens is 3. The third-order valence-corrected chi connectivity index (χ3v) is 5.55. The molecule has 1 saturated heterocycles. The Morgan fingerprint density at radius 3 is 2.47 bits per heavy atom. The van der Waals surface area contributed by atoms with Gasteiger partial charge >= 0.3 is 0 Å². The van der Waals surface area contributed by atoms with E-state index in [1.807, 2.05) is 43.5 Å². The summed E-state index contributed by atoms with van der Waals surface area (Å²) in [6, 6.07) is 13.3. The van der Waals surface area contributed by atoms with Crippen molar-refractivity contribution in [3.63, 3.8) is 0 Å². The van der Waals surface area contributed by atoms with E-state index >= 15 is 0 Å². The van der Waals surface area contributed by atoms with Gasteiger partial charge in [0.2, 0.25) is 11.8 Å². The minimum absolute atomic E-state index is 0.179. The molecule has 2 aliphatic rings. The minimum atomic E-state index is -0.334. The number of aryl methyl sites for hydroxylation is 1. The molecule has 0 spiro atoms. The van der Waals surface area contributed by atoms with Gasteiger partial charge in [-0.05, 0) is 42.7 Å². The van der Waals surface area contributed by atoms with Crippen LogP contribution in [0.15, 0.2) is 48.7 Å². The maximum Gasteiger partial charge on any atom is 0.273 e. The van der Waals surface area contributed by atoms with Gasteiger partial charge in [-0.3, -0.25) is 14.4 Å². The second-order valence-electron chi connectivity index (χ2n) is 7.52. The predicted molar refractivity (Wildman–Crippen MR) is 107 cm³/mol. The van der Waals surface area contributed by atoms with Gasteiger partial charge in [0.25, 0.3) is 5.91 Å². The van der Waals surface area contributed by atoms with Crippen molar-refractivity contribution in [3.05, 3.63) is 65.4 Å². The van der Waals surface area contributed by atoms with Crippen LogP contribution in [0.2, 0.25) is 0 Å². The van der Waals surface area contributed by atoms with E-state index in [-0.39, 0.29) is 37.1 Å². The first kappa shape index (κ1) is 18.2. The van der Waals surface area contributed by atoms with Crippen molar-refractivity contribution >= 4 is 17.7 Å². The molecule has 2 aromatic carbocycles. The fourth-order valence-corrected chi connectivity index (χ4v) is 3.98. The van der Waals surface area contributed by atoms with E-state index in [0.29, 0.717) is 12.0 Å². The van der Waals surface area contributed by atoms with Crippen LogP contribution in [0, 0.1) is 6.92 Å². The number of carbonyl (C=O) groups is 3. The zero-order valence-electron chi connectivity index (χ0n) is 16.4. The van der Waals surface area contributed by atoms with Crippen LogP contribution in [0.5, 0.6) is 0 Å². The highest BCUT2D eigenvalue weighted by molar-refractivity contribution is 6.04. The third kappa shape index (κ3) is 2.88. The van der Waals surface area contributed by atoms with Crippen LogP contribution in [-0.4, -0.2) is 42.7 Å². The van der Waals surface area contributed by atoms with Gasteiger partial charge < -0.3 is 0 Å². The van der Waals surface area contributed by atoms with Gasteiger partial charge in [0, 0.05) is 24.0 Å². The Bertz CT molecular complexity index is 1180.